The topological polar surface area (TPSA) is 70.5 Å². The smallest absolute Gasteiger partial charge is 0.134 e. The number of aliphatic hydroxyl groups is 1. The monoisotopic (exact) mass is 328 g/mol. The molecule has 0 radical (unpaired) electrons. The molecule has 0 aliphatic carbocycles. The lowest BCUT2D eigenvalue weighted by Gasteiger charge is -2.24. The highest BCUT2D eigenvalue weighted by Crippen LogP contribution is 2.24. The predicted octanol–water partition coefficient (Wildman–Crippen LogP) is 2.10. The van der Waals surface area contributed by atoms with Gasteiger partial charge in [-0.2, -0.15) is 0 Å². The Morgan fingerprint density at radius 2 is 2.25 bits per heavy atom. The second-order valence-electron chi connectivity index (χ2n) is 5.96. The Morgan fingerprint density at radius 1 is 1.33 bits per heavy atom. The molecule has 128 valence electrons. The number of nitrogens with one attached hydrogen (secondary N) is 1. The number of methoxy groups -OCH3 is 1. The number of benzene rings is 1. The lowest BCUT2D eigenvalue weighted by atomic mass is 10.1. The Kier molecular flexibility index (Phi) is 5.48. The Labute approximate surface area is 142 Å². The SMILES string of the molecule is COc1cccc(CCNc2cc(N3CCC[C@H]3CO)ncn2)c1. The Bertz CT molecular complexity index is 665. The molecule has 0 unspecified atom stereocenters. The van der Waals surface area contributed by atoms with Crippen LogP contribution in [-0.4, -0.2) is 47.9 Å². The second kappa shape index (κ2) is 7.97. The Morgan fingerprint density at radius 3 is 3.08 bits per heavy atom. The molecule has 1 saturated heterocycles. The van der Waals surface area contributed by atoms with E-state index in [4.69, 9.17) is 4.74 Å². The minimum absolute atomic E-state index is 0.169. The van der Waals surface area contributed by atoms with Crippen LogP contribution >= 0.6 is 0 Å². The maximum Gasteiger partial charge on any atom is 0.134 e. The van der Waals surface area contributed by atoms with Gasteiger partial charge in [0.2, 0.25) is 0 Å². The molecule has 1 fully saturated rings. The molecular weight excluding hydrogens is 304 g/mol. The highest BCUT2D eigenvalue weighted by molar-refractivity contribution is 5.50. The zero-order valence-corrected chi connectivity index (χ0v) is 14.0. The number of nitrogens with zero attached hydrogens (tertiary/aromatic N) is 3. The van der Waals surface area contributed by atoms with Crippen LogP contribution in [0.15, 0.2) is 36.7 Å². The number of aliphatic hydroxyl groups excluding tert-OH is 1. The van der Waals surface area contributed by atoms with Crippen LogP contribution in [0.2, 0.25) is 0 Å². The first-order valence-electron chi connectivity index (χ1n) is 8.36. The maximum absolute atomic E-state index is 9.47. The van der Waals surface area contributed by atoms with Crippen LogP contribution in [0, 0.1) is 0 Å². The van der Waals surface area contributed by atoms with Gasteiger partial charge in [0.15, 0.2) is 0 Å². The summed E-state index contributed by atoms with van der Waals surface area (Å²) in [5, 5.41) is 12.8. The fraction of sp³-hybridized carbons (Fsp3) is 0.444. The average molecular weight is 328 g/mol. The van der Waals surface area contributed by atoms with E-state index in [9.17, 15) is 5.11 Å². The largest absolute Gasteiger partial charge is 0.497 e. The zero-order valence-electron chi connectivity index (χ0n) is 14.0. The number of hydrogen-bond donors (Lipinski definition) is 2. The van der Waals surface area contributed by atoms with Crippen LogP contribution in [0.25, 0.3) is 0 Å². The summed E-state index contributed by atoms with van der Waals surface area (Å²) in [4.78, 5) is 10.8. The molecule has 3 rings (SSSR count). The molecular formula is C18H24N4O2. The van der Waals surface area contributed by atoms with E-state index in [0.717, 1.165) is 49.7 Å². The number of hydrogen-bond acceptors (Lipinski definition) is 6. The summed E-state index contributed by atoms with van der Waals surface area (Å²) >= 11 is 0. The van der Waals surface area contributed by atoms with Crippen molar-refractivity contribution in [3.8, 4) is 5.75 Å². The highest BCUT2D eigenvalue weighted by atomic mass is 16.5. The van der Waals surface area contributed by atoms with Crippen molar-refractivity contribution in [1.29, 1.82) is 0 Å². The fourth-order valence-electron chi connectivity index (χ4n) is 3.09. The molecule has 1 atom stereocenters. The van der Waals surface area contributed by atoms with Crippen LogP contribution < -0.4 is 15.0 Å². The predicted molar refractivity (Wildman–Crippen MR) is 94.7 cm³/mol. The van der Waals surface area contributed by atoms with Gasteiger partial charge in [0.05, 0.1) is 19.8 Å². The molecule has 1 aliphatic rings. The van der Waals surface area contributed by atoms with Gasteiger partial charge in [0.25, 0.3) is 0 Å². The van der Waals surface area contributed by atoms with Crippen molar-refractivity contribution in [2.45, 2.75) is 25.3 Å². The first-order valence-corrected chi connectivity index (χ1v) is 8.36. The minimum atomic E-state index is 0.169. The van der Waals surface area contributed by atoms with E-state index in [1.807, 2.05) is 24.3 Å². The standard InChI is InChI=1S/C18H24N4O2/c1-24-16-6-2-4-14(10-16)7-8-19-17-11-18(21-13-20-17)22-9-3-5-15(22)12-23/h2,4,6,10-11,13,15,23H,3,5,7-9,12H2,1H3,(H,19,20,21)/t15-/m0/s1. The van der Waals surface area contributed by atoms with Gasteiger partial charge in [-0.25, -0.2) is 9.97 Å². The summed E-state index contributed by atoms with van der Waals surface area (Å²) < 4.78 is 5.25. The third-order valence-electron chi connectivity index (χ3n) is 4.39. The van der Waals surface area contributed by atoms with E-state index in [1.54, 1.807) is 13.4 Å². The van der Waals surface area contributed by atoms with Gasteiger partial charge in [-0.3, -0.25) is 0 Å². The molecule has 0 amide bonds. The second-order valence-corrected chi connectivity index (χ2v) is 5.96. The van der Waals surface area contributed by atoms with Crippen molar-refractivity contribution >= 4 is 11.6 Å². The molecule has 0 saturated carbocycles. The normalized spacial score (nSPS) is 17.1. The van der Waals surface area contributed by atoms with E-state index in [1.165, 1.54) is 5.56 Å². The average Bonchev–Trinajstić information content (AvgIpc) is 3.11. The van der Waals surface area contributed by atoms with Gasteiger partial charge in [-0.1, -0.05) is 12.1 Å². The lowest BCUT2D eigenvalue weighted by molar-refractivity contribution is 0.266. The minimum Gasteiger partial charge on any atom is -0.497 e. The van der Waals surface area contributed by atoms with Crippen molar-refractivity contribution in [2.75, 3.05) is 37.0 Å². The van der Waals surface area contributed by atoms with Crippen molar-refractivity contribution in [3.63, 3.8) is 0 Å². The summed E-state index contributed by atoms with van der Waals surface area (Å²) in [5.74, 6) is 2.57. The van der Waals surface area contributed by atoms with E-state index >= 15 is 0 Å². The van der Waals surface area contributed by atoms with Gasteiger partial charge >= 0.3 is 0 Å². The Hall–Kier alpha value is -2.34. The van der Waals surface area contributed by atoms with Crippen LogP contribution in [0.4, 0.5) is 11.6 Å². The van der Waals surface area contributed by atoms with Crippen molar-refractivity contribution in [3.05, 3.63) is 42.2 Å². The quantitative estimate of drug-likeness (QED) is 0.811. The number of rotatable bonds is 7. The zero-order chi connectivity index (χ0) is 16.8. The first-order chi connectivity index (χ1) is 11.8. The van der Waals surface area contributed by atoms with Gasteiger partial charge in [-0.05, 0) is 37.0 Å². The maximum atomic E-state index is 9.47. The number of ether oxygens (including phenoxy) is 1. The molecule has 0 bridgehead atoms. The van der Waals surface area contributed by atoms with Crippen molar-refractivity contribution in [1.82, 2.24) is 9.97 Å². The summed E-state index contributed by atoms with van der Waals surface area (Å²) in [6.45, 7) is 1.89. The van der Waals surface area contributed by atoms with Crippen LogP contribution in [0.1, 0.15) is 18.4 Å². The molecule has 1 aromatic heterocycles. The third kappa shape index (κ3) is 3.94. The molecule has 1 aromatic carbocycles. The Balaban J connectivity index is 1.58. The van der Waals surface area contributed by atoms with E-state index < -0.39 is 0 Å². The molecule has 6 heteroatoms. The summed E-state index contributed by atoms with van der Waals surface area (Å²) in [5.41, 5.74) is 1.22. The summed E-state index contributed by atoms with van der Waals surface area (Å²) in [6, 6.07) is 10.2. The van der Waals surface area contributed by atoms with E-state index in [0.29, 0.717) is 0 Å². The van der Waals surface area contributed by atoms with Gasteiger partial charge in [-0.15, -0.1) is 0 Å². The number of aromatic nitrogens is 2. The first kappa shape index (κ1) is 16.5. The van der Waals surface area contributed by atoms with Gasteiger partial charge in [0, 0.05) is 19.2 Å². The fourth-order valence-corrected chi connectivity index (χ4v) is 3.09. The molecule has 2 heterocycles. The molecule has 0 spiro atoms. The van der Waals surface area contributed by atoms with E-state index in [2.05, 4.69) is 26.3 Å². The van der Waals surface area contributed by atoms with Crippen molar-refractivity contribution in [2.24, 2.45) is 0 Å². The van der Waals surface area contributed by atoms with Crippen LogP contribution in [0.5, 0.6) is 5.75 Å². The van der Waals surface area contributed by atoms with Crippen LogP contribution in [-0.2, 0) is 6.42 Å². The summed E-state index contributed by atoms with van der Waals surface area (Å²) in [6.07, 6.45) is 4.57. The summed E-state index contributed by atoms with van der Waals surface area (Å²) in [7, 11) is 1.68. The molecule has 2 aromatic rings. The molecule has 6 nitrogen and oxygen atoms in total. The van der Waals surface area contributed by atoms with Crippen molar-refractivity contribution < 1.29 is 9.84 Å². The van der Waals surface area contributed by atoms with Gasteiger partial charge < -0.3 is 20.1 Å². The lowest BCUT2D eigenvalue weighted by Crippen LogP contribution is -2.32. The number of anilines is 2. The van der Waals surface area contributed by atoms with Crippen LogP contribution in [0.3, 0.4) is 0 Å². The molecule has 24 heavy (non-hydrogen) atoms. The third-order valence-corrected chi connectivity index (χ3v) is 4.39. The van der Waals surface area contributed by atoms with Gasteiger partial charge in [0.1, 0.15) is 23.7 Å². The molecule has 1 aliphatic heterocycles. The van der Waals surface area contributed by atoms with E-state index in [-0.39, 0.29) is 12.6 Å². The molecule has 2 N–H and O–H groups in total. The highest BCUT2D eigenvalue weighted by Gasteiger charge is 2.25.